The summed E-state index contributed by atoms with van der Waals surface area (Å²) >= 11 is 6.74. The molecule has 7 nitrogen and oxygen atoms in total. The van der Waals surface area contributed by atoms with Crippen LogP contribution in [0.2, 0.25) is 5.02 Å². The molecule has 0 aromatic heterocycles. The second kappa shape index (κ2) is 12.7. The van der Waals surface area contributed by atoms with Crippen molar-refractivity contribution in [3.05, 3.63) is 99.4 Å². The zero-order valence-electron chi connectivity index (χ0n) is 19.4. The number of hydrogen-bond acceptors (Lipinski definition) is 7. The van der Waals surface area contributed by atoms with Crippen LogP contribution in [-0.4, -0.2) is 37.8 Å². The quantitative estimate of drug-likeness (QED) is 0.247. The van der Waals surface area contributed by atoms with Crippen LogP contribution >= 0.6 is 35.8 Å². The van der Waals surface area contributed by atoms with E-state index in [9.17, 15) is 23.1 Å². The largest absolute Gasteiger partial charge is 0.387 e. The Labute approximate surface area is 230 Å². The number of imide groups is 1. The Morgan fingerprint density at radius 2 is 1.73 bits per heavy atom. The van der Waals surface area contributed by atoms with E-state index in [0.717, 1.165) is 22.9 Å². The van der Waals surface area contributed by atoms with E-state index in [1.165, 1.54) is 18.2 Å². The van der Waals surface area contributed by atoms with E-state index in [0.29, 0.717) is 30.1 Å². The van der Waals surface area contributed by atoms with E-state index in [4.69, 9.17) is 11.6 Å². The minimum absolute atomic E-state index is 0. The minimum atomic E-state index is -3.77. The Morgan fingerprint density at radius 1 is 1.00 bits per heavy atom. The maximum atomic E-state index is 13.1. The van der Waals surface area contributed by atoms with Gasteiger partial charge in [0, 0.05) is 11.6 Å². The van der Waals surface area contributed by atoms with Crippen LogP contribution in [0.1, 0.15) is 22.8 Å². The highest BCUT2D eigenvalue weighted by atomic mass is 35.5. The van der Waals surface area contributed by atoms with E-state index < -0.39 is 27.1 Å². The lowest BCUT2D eigenvalue weighted by Crippen LogP contribution is -2.23. The van der Waals surface area contributed by atoms with Crippen LogP contribution in [0, 0.1) is 0 Å². The number of benzene rings is 3. The van der Waals surface area contributed by atoms with Gasteiger partial charge in [-0.3, -0.25) is 14.9 Å². The summed E-state index contributed by atoms with van der Waals surface area (Å²) in [5, 5.41) is 15.8. The molecule has 1 aliphatic heterocycles. The normalized spacial score (nSPS) is 15.4. The lowest BCUT2D eigenvalue weighted by molar-refractivity contribution is -0.115. The fourth-order valence-corrected chi connectivity index (χ4v) is 5.81. The lowest BCUT2D eigenvalue weighted by Gasteiger charge is -2.13. The standard InChI is InChI=1S/C26H23ClN2O5S2.ClH/c27-20-5-2-4-19(15-20)23(30)16-28-12-11-17-7-9-21(10-8-17)36(33,34)22-6-1-3-18(13-22)14-24-25(31)29-26(32)35-24;/h1-10,13-15,23,28,30H,11-12,16H2,(H,29,31,32);1H/b24-14-;/t23-;/m0./s1. The highest BCUT2D eigenvalue weighted by Gasteiger charge is 2.25. The molecule has 0 saturated carbocycles. The van der Waals surface area contributed by atoms with E-state index in [1.54, 1.807) is 54.6 Å². The number of nitrogens with one attached hydrogen (secondary N) is 2. The fraction of sp³-hybridized carbons (Fsp3) is 0.154. The SMILES string of the molecule is Cl.O=C1NC(=O)/C(=C/c2cccc(S(=O)(=O)c3ccc(CCNC[C@H](O)c4cccc(Cl)c4)cc3)c2)S1. The van der Waals surface area contributed by atoms with Gasteiger partial charge in [-0.2, -0.15) is 0 Å². The Kier molecular flexibility index (Phi) is 9.94. The van der Waals surface area contributed by atoms with Gasteiger partial charge in [0.2, 0.25) is 9.84 Å². The highest BCUT2D eigenvalue weighted by molar-refractivity contribution is 8.18. The molecule has 2 amide bonds. The zero-order chi connectivity index (χ0) is 25.7. The van der Waals surface area contributed by atoms with Gasteiger partial charge in [-0.15, -0.1) is 12.4 Å². The predicted molar refractivity (Wildman–Crippen MR) is 148 cm³/mol. The van der Waals surface area contributed by atoms with Gasteiger partial charge in [-0.05, 0) is 83.9 Å². The van der Waals surface area contributed by atoms with E-state index in [-0.39, 0.29) is 27.1 Å². The summed E-state index contributed by atoms with van der Waals surface area (Å²) in [6, 6.07) is 20.0. The van der Waals surface area contributed by atoms with E-state index >= 15 is 0 Å². The lowest BCUT2D eigenvalue weighted by atomic mass is 10.1. The molecule has 1 fully saturated rings. The number of sulfone groups is 1. The third kappa shape index (κ3) is 7.44. The van der Waals surface area contributed by atoms with Crippen LogP contribution in [0.3, 0.4) is 0 Å². The van der Waals surface area contributed by atoms with Crippen molar-refractivity contribution in [1.29, 1.82) is 0 Å². The van der Waals surface area contributed by atoms with Crippen molar-refractivity contribution in [1.82, 2.24) is 10.6 Å². The van der Waals surface area contributed by atoms with Crippen LogP contribution in [0.4, 0.5) is 4.79 Å². The molecule has 0 aliphatic carbocycles. The number of carbonyl (C=O) groups is 2. The molecule has 3 aromatic rings. The smallest absolute Gasteiger partial charge is 0.290 e. The number of aliphatic hydroxyl groups is 1. The number of thioether (sulfide) groups is 1. The Hall–Kier alpha value is -2.66. The molecule has 1 aliphatic rings. The summed E-state index contributed by atoms with van der Waals surface area (Å²) in [4.78, 5) is 23.6. The summed E-state index contributed by atoms with van der Waals surface area (Å²) < 4.78 is 26.3. The van der Waals surface area contributed by atoms with Gasteiger partial charge in [-0.25, -0.2) is 8.42 Å². The molecular formula is C26H24Cl2N2O5S2. The molecule has 3 aromatic carbocycles. The number of hydrogen-bond donors (Lipinski definition) is 3. The van der Waals surface area contributed by atoms with Gasteiger partial charge in [0.25, 0.3) is 11.1 Å². The summed E-state index contributed by atoms with van der Waals surface area (Å²) in [6.45, 7) is 0.974. The van der Waals surface area contributed by atoms with Crippen LogP contribution in [0.15, 0.2) is 87.5 Å². The van der Waals surface area contributed by atoms with Crippen molar-refractivity contribution in [3.8, 4) is 0 Å². The number of carbonyl (C=O) groups excluding carboxylic acids is 2. The summed E-state index contributed by atoms with van der Waals surface area (Å²) in [6.07, 6.45) is 1.47. The second-order valence-corrected chi connectivity index (χ2v) is 11.5. The van der Waals surface area contributed by atoms with Gasteiger partial charge in [0.05, 0.1) is 20.8 Å². The predicted octanol–water partition coefficient (Wildman–Crippen LogP) is 4.78. The van der Waals surface area contributed by atoms with E-state index in [1.807, 2.05) is 6.07 Å². The first kappa shape index (κ1) is 28.9. The second-order valence-electron chi connectivity index (χ2n) is 8.10. The molecule has 0 bridgehead atoms. The number of aliphatic hydroxyl groups excluding tert-OH is 1. The molecule has 11 heteroatoms. The monoisotopic (exact) mass is 578 g/mol. The van der Waals surface area contributed by atoms with E-state index in [2.05, 4.69) is 10.6 Å². The van der Waals surface area contributed by atoms with Crippen molar-refractivity contribution in [2.24, 2.45) is 0 Å². The van der Waals surface area contributed by atoms with Crippen LogP contribution < -0.4 is 10.6 Å². The highest BCUT2D eigenvalue weighted by Crippen LogP contribution is 2.27. The molecule has 0 radical (unpaired) electrons. The summed E-state index contributed by atoms with van der Waals surface area (Å²) in [5.74, 6) is -0.498. The number of amides is 2. The van der Waals surface area contributed by atoms with Crippen molar-refractivity contribution >= 4 is 62.8 Å². The van der Waals surface area contributed by atoms with Crippen molar-refractivity contribution in [2.75, 3.05) is 13.1 Å². The maximum absolute atomic E-state index is 13.1. The Bertz CT molecular complexity index is 1430. The number of halogens is 2. The molecule has 4 rings (SSSR count). The molecule has 0 spiro atoms. The van der Waals surface area contributed by atoms with Gasteiger partial charge in [0.15, 0.2) is 0 Å². The molecular weight excluding hydrogens is 555 g/mol. The first-order valence-corrected chi connectivity index (χ1v) is 13.7. The van der Waals surface area contributed by atoms with Crippen molar-refractivity contribution < 1.29 is 23.1 Å². The molecule has 194 valence electrons. The first-order chi connectivity index (χ1) is 17.2. The van der Waals surface area contributed by atoms with Crippen molar-refractivity contribution in [2.45, 2.75) is 22.3 Å². The topological polar surface area (TPSA) is 113 Å². The Morgan fingerprint density at radius 3 is 2.41 bits per heavy atom. The Balaban J connectivity index is 0.00000380. The molecule has 1 saturated heterocycles. The van der Waals surface area contributed by atoms with Crippen LogP contribution in [-0.2, 0) is 21.1 Å². The van der Waals surface area contributed by atoms with Crippen LogP contribution in [0.25, 0.3) is 6.08 Å². The van der Waals surface area contributed by atoms with Gasteiger partial charge < -0.3 is 10.4 Å². The van der Waals surface area contributed by atoms with Crippen LogP contribution in [0.5, 0.6) is 0 Å². The third-order valence-corrected chi connectivity index (χ3v) is 8.32. The zero-order valence-corrected chi connectivity index (χ0v) is 22.6. The van der Waals surface area contributed by atoms with Gasteiger partial charge >= 0.3 is 0 Å². The molecule has 3 N–H and O–H groups in total. The molecule has 37 heavy (non-hydrogen) atoms. The van der Waals surface area contributed by atoms with Gasteiger partial charge in [0.1, 0.15) is 0 Å². The third-order valence-electron chi connectivity index (χ3n) is 5.50. The summed E-state index contributed by atoms with van der Waals surface area (Å²) in [7, 11) is -3.77. The summed E-state index contributed by atoms with van der Waals surface area (Å²) in [5.41, 5.74) is 2.20. The van der Waals surface area contributed by atoms with Gasteiger partial charge in [-0.1, -0.05) is 48.0 Å². The molecule has 0 unspecified atom stereocenters. The maximum Gasteiger partial charge on any atom is 0.290 e. The average Bonchev–Trinajstić information content (AvgIpc) is 3.18. The molecule has 1 heterocycles. The molecule has 1 atom stereocenters. The minimum Gasteiger partial charge on any atom is -0.387 e. The first-order valence-electron chi connectivity index (χ1n) is 11.1. The van der Waals surface area contributed by atoms with Crippen molar-refractivity contribution in [3.63, 3.8) is 0 Å². The number of rotatable bonds is 9. The fourth-order valence-electron chi connectivity index (χ4n) is 3.62. The average molecular weight is 580 g/mol.